The molecule has 51 heavy (non-hydrogen) atoms. The molecular formula is C45H26N4O2. The summed E-state index contributed by atoms with van der Waals surface area (Å²) in [5.74, 6) is 0.539. The summed E-state index contributed by atoms with van der Waals surface area (Å²) in [6.45, 7) is 0. The monoisotopic (exact) mass is 659 g/mol. The second-order valence-corrected chi connectivity index (χ2v) is 12.5. The van der Waals surface area contributed by atoms with Crippen molar-refractivity contribution in [1.29, 1.82) is 0 Å². The van der Waals surface area contributed by atoms with Crippen molar-refractivity contribution in [3.63, 3.8) is 0 Å². The Kier molecular flexibility index (Phi) is 4.91. The Morgan fingerprint density at radius 1 is 0.431 bits per heavy atom. The van der Waals surface area contributed by atoms with Crippen LogP contribution < -0.4 is 0 Å². The first-order valence-electron chi connectivity index (χ1n) is 19.0. The number of aromatic nitrogens is 4. The molecule has 0 saturated carbocycles. The highest BCUT2D eigenvalue weighted by molar-refractivity contribution is 6.18. The van der Waals surface area contributed by atoms with E-state index in [1.54, 1.807) is 0 Å². The molecule has 0 amide bonds. The van der Waals surface area contributed by atoms with Crippen molar-refractivity contribution in [2.45, 2.75) is 0 Å². The maximum Gasteiger partial charge on any atom is 0.164 e. The van der Waals surface area contributed by atoms with Crippen molar-refractivity contribution >= 4 is 65.7 Å². The normalized spacial score (nSPS) is 13.3. The summed E-state index contributed by atoms with van der Waals surface area (Å²) in [5, 5.41) is 6.19. The van der Waals surface area contributed by atoms with Crippen LogP contribution in [-0.2, 0) is 0 Å². The minimum Gasteiger partial charge on any atom is -0.456 e. The number of hydrogen-bond donors (Lipinski definition) is 0. The van der Waals surface area contributed by atoms with Gasteiger partial charge >= 0.3 is 0 Å². The van der Waals surface area contributed by atoms with Crippen molar-refractivity contribution in [2.75, 3.05) is 0 Å². The van der Waals surface area contributed by atoms with Crippen LogP contribution in [0.15, 0.2) is 166 Å². The fourth-order valence-corrected chi connectivity index (χ4v) is 7.24. The van der Waals surface area contributed by atoms with E-state index in [1.165, 1.54) is 0 Å². The van der Waals surface area contributed by atoms with Gasteiger partial charge in [0.1, 0.15) is 16.7 Å². The van der Waals surface area contributed by atoms with Crippen LogP contribution in [0.25, 0.3) is 106 Å². The molecule has 6 heteroatoms. The van der Waals surface area contributed by atoms with Crippen LogP contribution >= 0.6 is 0 Å². The number of hydrogen-bond acceptors (Lipinski definition) is 5. The van der Waals surface area contributed by atoms with E-state index in [0.717, 1.165) is 60.2 Å². The molecule has 0 saturated heterocycles. The van der Waals surface area contributed by atoms with Gasteiger partial charge < -0.3 is 13.4 Å². The Labute approximate surface area is 297 Å². The van der Waals surface area contributed by atoms with Crippen LogP contribution in [0.4, 0.5) is 0 Å². The van der Waals surface area contributed by atoms with Gasteiger partial charge in [-0.1, -0.05) is 115 Å². The van der Waals surface area contributed by atoms with Gasteiger partial charge in [0.15, 0.2) is 23.1 Å². The smallest absolute Gasteiger partial charge is 0.164 e. The molecule has 11 rings (SSSR count). The third-order valence-electron chi connectivity index (χ3n) is 9.54. The van der Waals surface area contributed by atoms with Crippen LogP contribution in [0.5, 0.6) is 0 Å². The second-order valence-electron chi connectivity index (χ2n) is 12.5. The summed E-state index contributed by atoms with van der Waals surface area (Å²) in [5.41, 5.74) is 7.05. The van der Waals surface area contributed by atoms with E-state index in [4.69, 9.17) is 25.7 Å². The number of fused-ring (bicyclic) bond motifs is 9. The molecule has 0 unspecified atom stereocenters. The Morgan fingerprint density at radius 2 is 1.12 bits per heavy atom. The predicted octanol–water partition coefficient (Wildman–Crippen LogP) is 11.8. The SMILES string of the molecule is [2H]c1c([2H])c([2H])c(-c2nc(-c3ccccc3)nc(-c3ccc4c(c3)oc3c(-n5c6ccccc6c6cc7c(cc65)oc5ccccc57)cccc34)n2)c([2H])c1[2H]. The first kappa shape index (κ1) is 23.3. The largest absolute Gasteiger partial charge is 0.456 e. The Hall–Kier alpha value is -7.05. The van der Waals surface area contributed by atoms with Crippen molar-refractivity contribution in [1.82, 2.24) is 19.5 Å². The maximum absolute atomic E-state index is 8.64. The van der Waals surface area contributed by atoms with E-state index in [9.17, 15) is 0 Å². The van der Waals surface area contributed by atoms with Crippen molar-refractivity contribution in [2.24, 2.45) is 0 Å². The average Bonchev–Trinajstić information content (AvgIpc) is 3.90. The number of nitrogens with zero attached hydrogens (tertiary/aromatic N) is 4. The molecule has 6 nitrogen and oxygen atoms in total. The van der Waals surface area contributed by atoms with Gasteiger partial charge in [0.2, 0.25) is 0 Å². The zero-order valence-corrected chi connectivity index (χ0v) is 26.7. The molecule has 0 N–H and O–H groups in total. The summed E-state index contributed by atoms with van der Waals surface area (Å²) >= 11 is 0. The molecule has 4 aromatic heterocycles. The first-order chi connectivity index (χ1) is 27.3. The summed E-state index contributed by atoms with van der Waals surface area (Å²) in [6.07, 6.45) is 0. The van der Waals surface area contributed by atoms with Gasteiger partial charge in [-0.25, -0.2) is 15.0 Å². The highest BCUT2D eigenvalue weighted by Gasteiger charge is 2.20. The van der Waals surface area contributed by atoms with E-state index < -0.39 is 30.2 Å². The fourth-order valence-electron chi connectivity index (χ4n) is 7.24. The molecule has 11 aromatic rings. The molecular weight excluding hydrogens is 629 g/mol. The minimum atomic E-state index is -0.486. The van der Waals surface area contributed by atoms with Crippen molar-refractivity contribution < 1.29 is 15.7 Å². The van der Waals surface area contributed by atoms with Crippen molar-refractivity contribution in [3.05, 3.63) is 158 Å². The predicted molar refractivity (Wildman–Crippen MR) is 205 cm³/mol. The number of benzene rings is 7. The molecule has 238 valence electrons. The van der Waals surface area contributed by atoms with E-state index in [2.05, 4.69) is 52.0 Å². The van der Waals surface area contributed by atoms with E-state index >= 15 is 0 Å². The highest BCUT2D eigenvalue weighted by Crippen LogP contribution is 2.41. The van der Waals surface area contributed by atoms with Gasteiger partial charge in [0.05, 0.1) is 23.6 Å². The lowest BCUT2D eigenvalue weighted by molar-refractivity contribution is 0.665. The van der Waals surface area contributed by atoms with Crippen LogP contribution in [0.1, 0.15) is 6.85 Å². The minimum absolute atomic E-state index is 0.0252. The average molecular weight is 660 g/mol. The Morgan fingerprint density at radius 3 is 1.98 bits per heavy atom. The number of para-hydroxylation sites is 3. The topological polar surface area (TPSA) is 69.9 Å². The molecule has 0 fully saturated rings. The van der Waals surface area contributed by atoms with E-state index in [0.29, 0.717) is 28.1 Å². The summed E-state index contributed by atoms with van der Waals surface area (Å²) in [6, 6.07) is 39.8. The van der Waals surface area contributed by atoms with Gasteiger partial charge in [-0.05, 0) is 36.4 Å². The van der Waals surface area contributed by atoms with Crippen molar-refractivity contribution in [3.8, 4) is 39.9 Å². The zero-order valence-electron chi connectivity index (χ0n) is 31.7. The van der Waals surface area contributed by atoms with Crippen LogP contribution in [0, 0.1) is 0 Å². The van der Waals surface area contributed by atoms with Crippen LogP contribution in [-0.4, -0.2) is 19.5 Å². The molecule has 0 aliphatic carbocycles. The lowest BCUT2D eigenvalue weighted by atomic mass is 10.1. The van der Waals surface area contributed by atoms with Gasteiger partial charge in [0, 0.05) is 55.1 Å². The molecule has 0 spiro atoms. The summed E-state index contributed by atoms with van der Waals surface area (Å²) in [7, 11) is 0. The lowest BCUT2D eigenvalue weighted by Crippen LogP contribution is -2.00. The molecule has 0 bridgehead atoms. The Balaban J connectivity index is 1.12. The zero-order chi connectivity index (χ0) is 37.8. The van der Waals surface area contributed by atoms with Gasteiger partial charge in [-0.15, -0.1) is 0 Å². The molecule has 4 heterocycles. The fraction of sp³-hybridized carbons (Fsp3) is 0. The molecule has 7 aromatic carbocycles. The van der Waals surface area contributed by atoms with Crippen LogP contribution in [0.3, 0.4) is 0 Å². The molecule has 0 aliphatic heterocycles. The highest BCUT2D eigenvalue weighted by atomic mass is 16.3. The number of rotatable bonds is 4. The first-order valence-corrected chi connectivity index (χ1v) is 16.5. The molecule has 0 aliphatic rings. The maximum atomic E-state index is 8.64. The quantitative estimate of drug-likeness (QED) is 0.188. The summed E-state index contributed by atoms with van der Waals surface area (Å²) < 4.78 is 57.3. The van der Waals surface area contributed by atoms with E-state index in [-0.39, 0.29) is 17.2 Å². The van der Waals surface area contributed by atoms with Crippen LogP contribution in [0.2, 0.25) is 0 Å². The van der Waals surface area contributed by atoms with Gasteiger partial charge in [0.25, 0.3) is 0 Å². The number of furan rings is 2. The Bertz CT molecular complexity index is 3420. The van der Waals surface area contributed by atoms with E-state index in [1.807, 2.05) is 84.9 Å². The summed E-state index contributed by atoms with van der Waals surface area (Å²) in [4.78, 5) is 14.2. The molecule has 0 radical (unpaired) electrons. The third-order valence-corrected chi connectivity index (χ3v) is 9.54. The third kappa shape index (κ3) is 4.26. The molecule has 0 atom stereocenters. The van der Waals surface area contributed by atoms with Gasteiger partial charge in [-0.2, -0.15) is 0 Å². The van der Waals surface area contributed by atoms with Gasteiger partial charge in [-0.3, -0.25) is 0 Å². The lowest BCUT2D eigenvalue weighted by Gasteiger charge is -2.08. The standard InChI is InChI=1S/C45H26N4O2/c1-3-12-27(13-4-1)43-46-44(28-14-5-2-6-15-28)48-45(47-43)29-22-23-32-33-18-11-20-37(42(33)51-40(32)24-29)49-36-19-9-7-16-30(36)34-25-35-31-17-8-10-21-39(31)50-41(35)26-38(34)49/h1-26H/i1D,3D,4D,12D,13D. The second kappa shape index (κ2) is 10.7.